The van der Waals surface area contributed by atoms with Gasteiger partial charge in [0.2, 0.25) is 0 Å². The molecule has 1 N–H and O–H groups in total. The van der Waals surface area contributed by atoms with Crippen molar-refractivity contribution in [2.75, 3.05) is 19.6 Å². The van der Waals surface area contributed by atoms with E-state index in [1.165, 1.54) is 13.0 Å². The molecule has 1 unspecified atom stereocenters. The fourth-order valence-electron chi connectivity index (χ4n) is 1.58. The van der Waals surface area contributed by atoms with Gasteiger partial charge in [-0.05, 0) is 13.0 Å². The molecular weight excluding hydrogens is 112 g/mol. The quantitative estimate of drug-likeness (QED) is 0.501. The molecule has 2 rings (SSSR count). The molecule has 9 heavy (non-hydrogen) atoms. The Morgan fingerprint density at radius 1 is 1.56 bits per heavy atom. The average molecular weight is 123 g/mol. The van der Waals surface area contributed by atoms with Crippen LogP contribution in [0.3, 0.4) is 0 Å². The molecule has 0 aromatic rings. The number of rotatable bonds is 0. The summed E-state index contributed by atoms with van der Waals surface area (Å²) < 4.78 is 0. The van der Waals surface area contributed by atoms with E-state index in [9.17, 15) is 0 Å². The normalized spacial score (nSPS) is 39.1. The van der Waals surface area contributed by atoms with E-state index < -0.39 is 0 Å². The van der Waals surface area contributed by atoms with E-state index in [2.05, 4.69) is 16.2 Å². The van der Waals surface area contributed by atoms with Crippen molar-refractivity contribution in [1.29, 1.82) is 0 Å². The Kier molecular flexibility index (Phi) is 1.000. The number of hydrogen-bond donors (Lipinski definition) is 1. The summed E-state index contributed by atoms with van der Waals surface area (Å²) in [5.74, 6) is 0. The molecule has 0 aromatic heterocycles. The summed E-state index contributed by atoms with van der Waals surface area (Å²) in [4.78, 5) is 4.13. The van der Waals surface area contributed by atoms with Gasteiger partial charge in [-0.15, -0.1) is 0 Å². The van der Waals surface area contributed by atoms with Crippen molar-refractivity contribution < 1.29 is 0 Å². The maximum absolute atomic E-state index is 4.13. The van der Waals surface area contributed by atoms with Crippen LogP contribution in [0.15, 0.2) is 0 Å². The zero-order valence-electron chi connectivity index (χ0n) is 5.48. The first-order chi connectivity index (χ1) is 4.41. The second kappa shape index (κ2) is 1.71. The molecule has 48 valence electrons. The smallest absolute Gasteiger partial charge is 0.273 e. The summed E-state index contributed by atoms with van der Waals surface area (Å²) >= 11 is 0. The fourth-order valence-corrected chi connectivity index (χ4v) is 1.58. The summed E-state index contributed by atoms with van der Waals surface area (Å²) in [6, 6.07) is 3.04. The highest BCUT2D eigenvalue weighted by Crippen LogP contribution is 2.32. The first-order valence-electron chi connectivity index (χ1n) is 3.51. The van der Waals surface area contributed by atoms with Gasteiger partial charge in [-0.1, -0.05) is 4.85 Å². The SMILES string of the molecule is C1#[N+]CC2(C1)CCNC2. The second-order valence-corrected chi connectivity index (χ2v) is 3.08. The maximum Gasteiger partial charge on any atom is 0.273 e. The first kappa shape index (κ1) is 5.25. The molecule has 1 fully saturated rings. The Morgan fingerprint density at radius 3 is 3.11 bits per heavy atom. The highest BCUT2D eigenvalue weighted by atomic mass is 14.9. The lowest BCUT2D eigenvalue weighted by atomic mass is 9.86. The van der Waals surface area contributed by atoms with Crippen LogP contribution in [0, 0.1) is 11.5 Å². The highest BCUT2D eigenvalue weighted by Gasteiger charge is 2.42. The molecule has 0 aromatic carbocycles. The lowest BCUT2D eigenvalue weighted by molar-refractivity contribution is 0.380. The maximum atomic E-state index is 4.13. The van der Waals surface area contributed by atoms with Gasteiger partial charge in [0.05, 0.1) is 11.8 Å². The first-order valence-corrected chi connectivity index (χ1v) is 3.51. The van der Waals surface area contributed by atoms with Gasteiger partial charge in [0.25, 0.3) is 12.6 Å². The molecule has 1 saturated heterocycles. The third-order valence-electron chi connectivity index (χ3n) is 2.31. The summed E-state index contributed by atoms with van der Waals surface area (Å²) in [6.45, 7) is 3.35. The van der Waals surface area contributed by atoms with Crippen LogP contribution in [0.25, 0.3) is 4.85 Å². The lowest BCUT2D eigenvalue weighted by Crippen LogP contribution is -2.23. The van der Waals surface area contributed by atoms with Gasteiger partial charge in [0, 0.05) is 6.54 Å². The zero-order chi connectivity index (χ0) is 6.16. The van der Waals surface area contributed by atoms with E-state index in [-0.39, 0.29) is 0 Å². The molecule has 0 aliphatic carbocycles. The van der Waals surface area contributed by atoms with E-state index >= 15 is 0 Å². The number of nitrogens with one attached hydrogen (secondary N) is 1. The molecule has 2 heteroatoms. The van der Waals surface area contributed by atoms with Crippen molar-refractivity contribution in [2.45, 2.75) is 12.8 Å². The van der Waals surface area contributed by atoms with Gasteiger partial charge in [-0.2, -0.15) is 0 Å². The van der Waals surface area contributed by atoms with E-state index in [1.807, 2.05) is 0 Å². The number of nitrogens with zero attached hydrogens (tertiary/aromatic N) is 1. The van der Waals surface area contributed by atoms with Crippen LogP contribution in [-0.2, 0) is 0 Å². The summed E-state index contributed by atoms with van der Waals surface area (Å²) in [7, 11) is 0. The molecule has 0 bridgehead atoms. The monoisotopic (exact) mass is 123 g/mol. The largest absolute Gasteiger partial charge is 0.316 e. The Balaban J connectivity index is 2.08. The molecular formula is C7H11N2+. The van der Waals surface area contributed by atoms with Crippen LogP contribution >= 0.6 is 0 Å². The Labute approximate surface area is 55.1 Å². The minimum atomic E-state index is 0.500. The Hall–Kier alpha value is -0.550. The van der Waals surface area contributed by atoms with Gasteiger partial charge in [0.1, 0.15) is 0 Å². The van der Waals surface area contributed by atoms with Gasteiger partial charge in [-0.3, -0.25) is 0 Å². The zero-order valence-corrected chi connectivity index (χ0v) is 5.48. The minimum absolute atomic E-state index is 0.500. The van der Waals surface area contributed by atoms with E-state index in [0.29, 0.717) is 5.41 Å². The van der Waals surface area contributed by atoms with Crippen molar-refractivity contribution in [3.63, 3.8) is 0 Å². The molecule has 0 saturated carbocycles. The van der Waals surface area contributed by atoms with E-state index in [1.54, 1.807) is 0 Å². The van der Waals surface area contributed by atoms with Crippen LogP contribution < -0.4 is 5.32 Å². The van der Waals surface area contributed by atoms with Crippen molar-refractivity contribution in [1.82, 2.24) is 5.32 Å². The Morgan fingerprint density at radius 2 is 2.56 bits per heavy atom. The average Bonchev–Trinajstić information content (AvgIpc) is 2.45. The molecule has 2 aliphatic heterocycles. The standard InChI is InChI=1S/C7H11N2/c1-3-8-5-7(1)2-4-9-6-7/h8H,1-3,5-6H2/q+1. The number of hydrogen-bond acceptors (Lipinski definition) is 1. The van der Waals surface area contributed by atoms with Crippen LogP contribution in [0.4, 0.5) is 0 Å². The predicted molar refractivity (Wildman–Crippen MR) is 36.7 cm³/mol. The molecule has 2 nitrogen and oxygen atoms in total. The second-order valence-electron chi connectivity index (χ2n) is 3.08. The fraction of sp³-hybridized carbons (Fsp3) is 0.857. The minimum Gasteiger partial charge on any atom is -0.316 e. The van der Waals surface area contributed by atoms with Gasteiger partial charge in [-0.25, -0.2) is 0 Å². The molecule has 2 heterocycles. The van der Waals surface area contributed by atoms with Gasteiger partial charge < -0.3 is 5.32 Å². The van der Waals surface area contributed by atoms with Gasteiger partial charge in [0.15, 0.2) is 0 Å². The van der Waals surface area contributed by atoms with Crippen LogP contribution in [0.2, 0.25) is 0 Å². The lowest BCUT2D eigenvalue weighted by Gasteiger charge is -2.10. The summed E-state index contributed by atoms with van der Waals surface area (Å²) in [6.07, 6.45) is 2.38. The summed E-state index contributed by atoms with van der Waals surface area (Å²) in [5, 5.41) is 3.36. The molecule has 2 aliphatic rings. The predicted octanol–water partition coefficient (Wildman–Crippen LogP) is 0.703. The van der Waals surface area contributed by atoms with Crippen LogP contribution in [-0.4, -0.2) is 19.6 Å². The van der Waals surface area contributed by atoms with Crippen molar-refractivity contribution in [3.8, 4) is 6.07 Å². The molecule has 1 atom stereocenters. The molecule has 0 radical (unpaired) electrons. The van der Waals surface area contributed by atoms with Gasteiger partial charge >= 0.3 is 0 Å². The van der Waals surface area contributed by atoms with E-state index in [0.717, 1.165) is 19.5 Å². The van der Waals surface area contributed by atoms with Crippen molar-refractivity contribution >= 4 is 0 Å². The van der Waals surface area contributed by atoms with E-state index in [4.69, 9.17) is 0 Å². The van der Waals surface area contributed by atoms with Crippen LogP contribution in [0.1, 0.15) is 12.8 Å². The molecule has 1 spiro atoms. The van der Waals surface area contributed by atoms with Crippen molar-refractivity contribution in [2.24, 2.45) is 5.41 Å². The third-order valence-corrected chi connectivity index (χ3v) is 2.31. The topological polar surface area (TPSA) is 16.4 Å². The summed E-state index contributed by atoms with van der Waals surface area (Å²) in [5.41, 5.74) is 0.500. The van der Waals surface area contributed by atoms with Crippen LogP contribution in [0.5, 0.6) is 0 Å². The Bertz CT molecular complexity index is 157. The van der Waals surface area contributed by atoms with Crippen molar-refractivity contribution in [3.05, 3.63) is 4.85 Å². The highest BCUT2D eigenvalue weighted by molar-refractivity contribution is 5.09. The third kappa shape index (κ3) is 0.727. The molecule has 0 amide bonds.